The highest BCUT2D eigenvalue weighted by molar-refractivity contribution is 5.84. The summed E-state index contributed by atoms with van der Waals surface area (Å²) in [5.74, 6) is -0.102. The molecule has 3 heteroatoms. The molecule has 1 radical (unpaired) electrons. The molecule has 0 spiro atoms. The molecule has 3 nitrogen and oxygen atoms in total. The van der Waals surface area contributed by atoms with Gasteiger partial charge in [0.25, 0.3) is 0 Å². The Kier molecular flexibility index (Phi) is 5.07. The maximum atomic E-state index is 11.0. The number of ketones is 1. The number of carbonyl (C=O) groups excluding carboxylic acids is 1. The van der Waals surface area contributed by atoms with Crippen molar-refractivity contribution >= 4 is 5.78 Å². The predicted molar refractivity (Wildman–Crippen MR) is 43.9 cm³/mol. The minimum atomic E-state index is -0.814. The fourth-order valence-electron chi connectivity index (χ4n) is 0.856. The van der Waals surface area contributed by atoms with E-state index in [1.807, 2.05) is 6.92 Å². The minimum absolute atomic E-state index is 0.0706. The van der Waals surface area contributed by atoms with E-state index in [0.717, 1.165) is 6.42 Å². The topological polar surface area (TPSA) is 63.3 Å². The molecule has 1 unspecified atom stereocenters. The van der Waals surface area contributed by atoms with Crippen LogP contribution in [0.15, 0.2) is 0 Å². The highest BCUT2D eigenvalue weighted by Crippen LogP contribution is 2.00. The second-order valence-electron chi connectivity index (χ2n) is 2.72. The van der Waals surface area contributed by atoms with E-state index in [1.54, 1.807) is 0 Å². The second kappa shape index (κ2) is 5.27. The molecule has 0 aromatic rings. The maximum absolute atomic E-state index is 11.0. The molecule has 0 aromatic heterocycles. The van der Waals surface area contributed by atoms with Crippen LogP contribution in [0.1, 0.15) is 26.2 Å². The molecular formula is C8H16NO2. The third kappa shape index (κ3) is 4.93. The molecule has 0 aliphatic carbocycles. The summed E-state index contributed by atoms with van der Waals surface area (Å²) in [6.07, 6.45) is 0.831. The number of hydrogen-bond donors (Lipinski definition) is 2. The second-order valence-corrected chi connectivity index (χ2v) is 2.72. The normalized spacial score (nSPS) is 16.0. The SMILES string of the molecule is [CH2]C(O)CC(=O)[C@@H](N)CCC. The summed E-state index contributed by atoms with van der Waals surface area (Å²) in [5, 5.41) is 8.75. The van der Waals surface area contributed by atoms with Gasteiger partial charge < -0.3 is 10.8 Å². The van der Waals surface area contributed by atoms with Gasteiger partial charge in [0.1, 0.15) is 0 Å². The van der Waals surface area contributed by atoms with Gasteiger partial charge >= 0.3 is 0 Å². The third-order valence-electron chi connectivity index (χ3n) is 1.45. The van der Waals surface area contributed by atoms with E-state index in [9.17, 15) is 4.79 Å². The van der Waals surface area contributed by atoms with Crippen molar-refractivity contribution < 1.29 is 9.90 Å². The Labute approximate surface area is 67.6 Å². The lowest BCUT2D eigenvalue weighted by atomic mass is 10.0. The molecule has 3 N–H and O–H groups in total. The first-order valence-electron chi connectivity index (χ1n) is 3.87. The summed E-state index contributed by atoms with van der Waals surface area (Å²) in [6.45, 7) is 5.27. The molecule has 0 aliphatic rings. The van der Waals surface area contributed by atoms with Crippen molar-refractivity contribution in [2.24, 2.45) is 5.73 Å². The monoisotopic (exact) mass is 158 g/mol. The van der Waals surface area contributed by atoms with Gasteiger partial charge in [0, 0.05) is 6.42 Å². The quantitative estimate of drug-likeness (QED) is 0.603. The average Bonchev–Trinajstić information content (AvgIpc) is 1.86. The first kappa shape index (κ1) is 10.6. The summed E-state index contributed by atoms with van der Waals surface area (Å²) >= 11 is 0. The van der Waals surface area contributed by atoms with Gasteiger partial charge in [-0.2, -0.15) is 0 Å². The van der Waals surface area contributed by atoms with E-state index in [2.05, 4.69) is 6.92 Å². The fourth-order valence-corrected chi connectivity index (χ4v) is 0.856. The van der Waals surface area contributed by atoms with Gasteiger partial charge in [-0.05, 0) is 13.3 Å². The minimum Gasteiger partial charge on any atom is -0.393 e. The molecule has 0 aliphatic heterocycles. The van der Waals surface area contributed by atoms with Crippen molar-refractivity contribution in [2.45, 2.75) is 38.3 Å². The van der Waals surface area contributed by atoms with Gasteiger partial charge in [0.15, 0.2) is 5.78 Å². The summed E-state index contributed by atoms with van der Waals surface area (Å²) in [6, 6.07) is -0.420. The van der Waals surface area contributed by atoms with Gasteiger partial charge in [0.2, 0.25) is 0 Å². The van der Waals surface area contributed by atoms with E-state index in [0.29, 0.717) is 6.42 Å². The molecule has 0 bridgehead atoms. The molecule has 0 aromatic carbocycles. The standard InChI is InChI=1S/C8H16NO2/c1-3-4-7(9)8(11)5-6(2)10/h6-7,10H,2-5,9H2,1H3/t6?,7-/m0/s1. The molecule has 0 heterocycles. The largest absolute Gasteiger partial charge is 0.393 e. The van der Waals surface area contributed by atoms with E-state index in [4.69, 9.17) is 10.8 Å². The highest BCUT2D eigenvalue weighted by atomic mass is 16.3. The Balaban J connectivity index is 3.64. The van der Waals surface area contributed by atoms with Crippen LogP contribution >= 0.6 is 0 Å². The molecule has 2 atom stereocenters. The van der Waals surface area contributed by atoms with Crippen LogP contribution in [0.4, 0.5) is 0 Å². The molecule has 11 heavy (non-hydrogen) atoms. The zero-order valence-corrected chi connectivity index (χ0v) is 6.92. The zero-order valence-electron chi connectivity index (χ0n) is 6.92. The van der Waals surface area contributed by atoms with Crippen LogP contribution in [0, 0.1) is 6.92 Å². The average molecular weight is 158 g/mol. The van der Waals surface area contributed by atoms with Gasteiger partial charge in [-0.25, -0.2) is 0 Å². The smallest absolute Gasteiger partial charge is 0.152 e. The van der Waals surface area contributed by atoms with E-state index < -0.39 is 12.1 Å². The van der Waals surface area contributed by atoms with Gasteiger partial charge in [-0.1, -0.05) is 13.3 Å². The van der Waals surface area contributed by atoms with E-state index in [-0.39, 0.29) is 12.2 Å². The van der Waals surface area contributed by atoms with Crippen LogP contribution in [0.3, 0.4) is 0 Å². The van der Waals surface area contributed by atoms with Crippen molar-refractivity contribution in [2.75, 3.05) is 0 Å². The molecule has 65 valence electrons. The maximum Gasteiger partial charge on any atom is 0.152 e. The summed E-state index contributed by atoms with van der Waals surface area (Å²) in [5.41, 5.74) is 5.49. The van der Waals surface area contributed by atoms with Gasteiger partial charge in [-0.15, -0.1) is 0 Å². The molecule has 0 saturated carbocycles. The Morgan fingerprint density at radius 2 is 2.27 bits per heavy atom. The van der Waals surface area contributed by atoms with Crippen molar-refractivity contribution in [3.63, 3.8) is 0 Å². The number of aliphatic hydroxyl groups is 1. The Morgan fingerprint density at radius 1 is 1.73 bits per heavy atom. The van der Waals surface area contributed by atoms with Crippen LogP contribution in [-0.2, 0) is 4.79 Å². The Morgan fingerprint density at radius 3 is 2.64 bits per heavy atom. The first-order chi connectivity index (χ1) is 5.07. The number of nitrogens with two attached hydrogens (primary N) is 1. The van der Waals surface area contributed by atoms with Crippen molar-refractivity contribution in [1.29, 1.82) is 0 Å². The molecule has 0 amide bonds. The number of hydrogen-bond acceptors (Lipinski definition) is 3. The van der Waals surface area contributed by atoms with Crippen LogP contribution in [0.5, 0.6) is 0 Å². The summed E-state index contributed by atoms with van der Waals surface area (Å²) in [7, 11) is 0. The lowest BCUT2D eigenvalue weighted by Gasteiger charge is -2.09. The summed E-state index contributed by atoms with van der Waals surface area (Å²) in [4.78, 5) is 11.0. The number of aliphatic hydroxyl groups excluding tert-OH is 1. The van der Waals surface area contributed by atoms with Gasteiger partial charge in [0.05, 0.1) is 12.1 Å². The van der Waals surface area contributed by atoms with Gasteiger partial charge in [-0.3, -0.25) is 4.79 Å². The molecular weight excluding hydrogens is 142 g/mol. The van der Waals surface area contributed by atoms with Crippen molar-refractivity contribution in [3.05, 3.63) is 6.92 Å². The molecule has 0 fully saturated rings. The van der Waals surface area contributed by atoms with Crippen LogP contribution < -0.4 is 5.73 Å². The van der Waals surface area contributed by atoms with E-state index >= 15 is 0 Å². The number of rotatable bonds is 5. The molecule has 0 saturated heterocycles. The number of Topliss-reactive ketones (excluding diaryl/α,β-unsaturated/α-hetero) is 1. The van der Waals surface area contributed by atoms with Crippen LogP contribution in [-0.4, -0.2) is 23.0 Å². The number of carbonyl (C=O) groups is 1. The zero-order chi connectivity index (χ0) is 8.85. The fraction of sp³-hybridized carbons (Fsp3) is 0.750. The lowest BCUT2D eigenvalue weighted by Crippen LogP contribution is -2.32. The predicted octanol–water partition coefficient (Wildman–Crippen LogP) is 0.268. The third-order valence-corrected chi connectivity index (χ3v) is 1.45. The lowest BCUT2D eigenvalue weighted by molar-refractivity contribution is -0.121. The Bertz CT molecular complexity index is 123. The van der Waals surface area contributed by atoms with Crippen LogP contribution in [0.25, 0.3) is 0 Å². The first-order valence-corrected chi connectivity index (χ1v) is 3.87. The molecule has 0 rings (SSSR count). The summed E-state index contributed by atoms with van der Waals surface area (Å²) < 4.78 is 0. The highest BCUT2D eigenvalue weighted by Gasteiger charge is 2.13. The Hall–Kier alpha value is -0.410. The van der Waals surface area contributed by atoms with Crippen LogP contribution in [0.2, 0.25) is 0 Å². The van der Waals surface area contributed by atoms with Crippen molar-refractivity contribution in [3.8, 4) is 0 Å². The van der Waals surface area contributed by atoms with E-state index in [1.165, 1.54) is 0 Å². The van der Waals surface area contributed by atoms with Crippen molar-refractivity contribution in [1.82, 2.24) is 0 Å².